The summed E-state index contributed by atoms with van der Waals surface area (Å²) >= 11 is 0. The van der Waals surface area contributed by atoms with Crippen LogP contribution < -0.4 is 0 Å². The van der Waals surface area contributed by atoms with Crippen molar-refractivity contribution >= 4 is 31.1 Å². The zero-order chi connectivity index (χ0) is 53.1. The SMILES string of the molecule is CCCCCCc1cc2c(-c3ccc(C(C)(C)C)cc3)ccc(-c3ccc(C(C)(C)C)cc3)c2[cH-]1.CCCCCCc1cc2c(-c3ccc(C(C)(C)C)cc3)ccc(-c3ccc(C(C)(C)C)cc3)c2[cH-]1.C[Si]C.[Zr+2]. The zero-order valence-electron chi connectivity index (χ0n) is 48.9. The molecule has 8 rings (SSSR count). The second kappa shape index (κ2) is 26.6. The number of hydrogen-bond acceptors (Lipinski definition) is 0. The minimum absolute atomic E-state index is 0. The summed E-state index contributed by atoms with van der Waals surface area (Å²) in [6.07, 6.45) is 12.7. The number of fused-ring (bicyclic) bond motifs is 2. The van der Waals surface area contributed by atoms with Crippen LogP contribution in [0.5, 0.6) is 0 Å². The Morgan fingerprint density at radius 3 is 0.824 bits per heavy atom. The summed E-state index contributed by atoms with van der Waals surface area (Å²) in [5.74, 6) is 0. The molecule has 2 heteroatoms. The number of aryl methyl sites for hydroxylation is 2. The Morgan fingerprint density at radius 2 is 0.581 bits per heavy atom. The van der Waals surface area contributed by atoms with Gasteiger partial charge in [-0.2, -0.15) is 12.1 Å². The predicted molar refractivity (Wildman–Crippen MR) is 329 cm³/mol. The van der Waals surface area contributed by atoms with Gasteiger partial charge in [0.15, 0.2) is 0 Å². The van der Waals surface area contributed by atoms with Crippen molar-refractivity contribution in [2.45, 2.75) is 196 Å². The summed E-state index contributed by atoms with van der Waals surface area (Å²) in [5.41, 5.74) is 19.8. The van der Waals surface area contributed by atoms with Gasteiger partial charge >= 0.3 is 26.2 Å². The van der Waals surface area contributed by atoms with E-state index in [0.29, 0.717) is 0 Å². The van der Waals surface area contributed by atoms with Crippen LogP contribution in [0, 0.1) is 0 Å². The zero-order valence-corrected chi connectivity index (χ0v) is 52.4. The molecule has 0 unspecified atom stereocenters. The molecule has 0 aromatic heterocycles. The Bertz CT molecular complexity index is 2550. The van der Waals surface area contributed by atoms with E-state index in [1.54, 1.807) is 0 Å². The van der Waals surface area contributed by atoms with Gasteiger partial charge in [-0.3, -0.25) is 0 Å². The maximum absolute atomic E-state index is 2.46. The van der Waals surface area contributed by atoms with Crippen molar-refractivity contribution in [3.8, 4) is 44.5 Å². The largest absolute Gasteiger partial charge is 2.00 e. The van der Waals surface area contributed by atoms with Crippen molar-refractivity contribution in [3.63, 3.8) is 0 Å². The molecule has 0 aliphatic heterocycles. The van der Waals surface area contributed by atoms with Gasteiger partial charge in [0.05, 0.1) is 0 Å². The maximum atomic E-state index is 2.46. The standard InChI is InChI=1S/2C35H43.C2H6Si.Zr/c2*1-8-9-10-11-12-25-23-32-30(26-13-17-28(18-14-26)34(2,3)4)21-22-31(33(32)24-25)27-15-19-29(20-16-27)35(5,6)7;1-3-2;/h2*13-24H,8-12H2,1-7H3;1-2H3;/q2*-1;;+2. The number of hydrogen-bond donors (Lipinski definition) is 0. The van der Waals surface area contributed by atoms with Gasteiger partial charge < -0.3 is 0 Å². The van der Waals surface area contributed by atoms with Gasteiger partial charge in [0, 0.05) is 9.52 Å². The Morgan fingerprint density at radius 1 is 0.338 bits per heavy atom. The van der Waals surface area contributed by atoms with Crippen LogP contribution in [0.15, 0.2) is 146 Å². The molecule has 388 valence electrons. The summed E-state index contributed by atoms with van der Waals surface area (Å²) in [4.78, 5) is 0. The van der Waals surface area contributed by atoms with Gasteiger partial charge in [0.2, 0.25) is 0 Å². The first-order valence-corrected chi connectivity index (χ1v) is 30.0. The molecule has 0 saturated carbocycles. The Labute approximate surface area is 473 Å². The molecule has 0 nitrogen and oxygen atoms in total. The van der Waals surface area contributed by atoms with E-state index in [9.17, 15) is 0 Å². The summed E-state index contributed by atoms with van der Waals surface area (Å²) in [5, 5.41) is 5.54. The quantitative estimate of drug-likeness (QED) is 0.0578. The molecular formula is C72H92SiZr. The summed E-state index contributed by atoms with van der Waals surface area (Å²) in [6.45, 7) is 36.2. The number of rotatable bonds is 14. The van der Waals surface area contributed by atoms with Crippen molar-refractivity contribution in [2.24, 2.45) is 0 Å². The van der Waals surface area contributed by atoms with E-state index in [1.165, 1.54) is 164 Å². The molecule has 0 N–H and O–H groups in total. The predicted octanol–water partition coefficient (Wildman–Crippen LogP) is 22.0. The van der Waals surface area contributed by atoms with Gasteiger partial charge in [-0.1, -0.05) is 316 Å². The monoisotopic (exact) mass is 1070 g/mol. The molecule has 0 saturated heterocycles. The Hall–Kier alpha value is -4.36. The van der Waals surface area contributed by atoms with Gasteiger partial charge in [-0.05, 0) is 67.9 Å². The molecule has 0 amide bonds. The van der Waals surface area contributed by atoms with Crippen LogP contribution in [-0.4, -0.2) is 9.52 Å². The normalized spacial score (nSPS) is 12.0. The van der Waals surface area contributed by atoms with E-state index in [-0.39, 0.29) is 47.9 Å². The van der Waals surface area contributed by atoms with Gasteiger partial charge in [-0.15, -0.1) is 44.8 Å². The summed E-state index contributed by atoms with van der Waals surface area (Å²) in [7, 11) is 1.08. The molecule has 74 heavy (non-hydrogen) atoms. The first-order chi connectivity index (χ1) is 34.6. The minimum Gasteiger partial charge on any atom is -0.164 e. The van der Waals surface area contributed by atoms with Crippen LogP contribution in [0.3, 0.4) is 0 Å². The third kappa shape index (κ3) is 15.9. The van der Waals surface area contributed by atoms with E-state index in [0.717, 1.165) is 9.52 Å². The summed E-state index contributed by atoms with van der Waals surface area (Å²) in [6, 6.07) is 56.0. The van der Waals surface area contributed by atoms with Crippen LogP contribution in [0.4, 0.5) is 0 Å². The van der Waals surface area contributed by atoms with Crippen molar-refractivity contribution < 1.29 is 26.2 Å². The van der Waals surface area contributed by atoms with Crippen LogP contribution in [0.25, 0.3) is 66.1 Å². The molecule has 8 aromatic carbocycles. The van der Waals surface area contributed by atoms with E-state index >= 15 is 0 Å². The fraction of sp³-hybridized carbons (Fsp3) is 0.417. The topological polar surface area (TPSA) is 0 Å². The molecule has 2 radical (unpaired) electrons. The second-order valence-corrected chi connectivity index (χ2v) is 26.1. The minimum atomic E-state index is 0. The third-order valence-corrected chi connectivity index (χ3v) is 14.8. The van der Waals surface area contributed by atoms with E-state index in [2.05, 4.69) is 256 Å². The molecule has 0 fully saturated rings. The summed E-state index contributed by atoms with van der Waals surface area (Å²) < 4.78 is 0. The van der Waals surface area contributed by atoms with Crippen molar-refractivity contribution in [1.82, 2.24) is 0 Å². The number of benzene rings is 6. The van der Waals surface area contributed by atoms with Crippen LogP contribution in [0.2, 0.25) is 13.1 Å². The average Bonchev–Trinajstić information content (AvgIpc) is 3.98. The Balaban J connectivity index is 0.000000257. The van der Waals surface area contributed by atoms with Gasteiger partial charge in [0.25, 0.3) is 0 Å². The van der Waals surface area contributed by atoms with Crippen molar-refractivity contribution in [1.29, 1.82) is 0 Å². The van der Waals surface area contributed by atoms with E-state index in [4.69, 9.17) is 0 Å². The molecule has 0 aliphatic rings. The first kappa shape index (κ1) is 60.5. The molecule has 0 spiro atoms. The second-order valence-electron chi connectivity index (χ2n) is 25.1. The fourth-order valence-corrected chi connectivity index (χ4v) is 10.1. The van der Waals surface area contributed by atoms with Gasteiger partial charge in [-0.25, -0.2) is 0 Å². The average molecular weight is 1080 g/mol. The van der Waals surface area contributed by atoms with Crippen molar-refractivity contribution in [3.05, 3.63) is 179 Å². The van der Waals surface area contributed by atoms with Crippen LogP contribution in [-0.2, 0) is 60.7 Å². The molecule has 0 aliphatic carbocycles. The van der Waals surface area contributed by atoms with Crippen molar-refractivity contribution in [2.75, 3.05) is 0 Å². The van der Waals surface area contributed by atoms with Gasteiger partial charge in [0.1, 0.15) is 0 Å². The smallest absolute Gasteiger partial charge is 0.164 e. The molecule has 0 heterocycles. The third-order valence-electron chi connectivity index (χ3n) is 14.8. The molecular weight excluding hydrogens is 984 g/mol. The fourth-order valence-electron chi connectivity index (χ4n) is 10.1. The van der Waals surface area contributed by atoms with Crippen LogP contribution in [0.1, 0.15) is 182 Å². The molecule has 8 aromatic rings. The van der Waals surface area contributed by atoms with E-state index in [1.807, 2.05) is 0 Å². The van der Waals surface area contributed by atoms with Crippen LogP contribution >= 0.6 is 0 Å². The Kier molecular flexibility index (Phi) is 21.8. The van der Waals surface area contributed by atoms with E-state index < -0.39 is 0 Å². The molecule has 0 bridgehead atoms. The number of unbranched alkanes of at least 4 members (excludes halogenated alkanes) is 6. The molecule has 0 atom stereocenters. The maximum Gasteiger partial charge on any atom is 2.00 e. The first-order valence-electron chi connectivity index (χ1n) is 28.0.